The van der Waals surface area contributed by atoms with Gasteiger partial charge in [0.05, 0.1) is 13.2 Å². The first-order valence-corrected chi connectivity index (χ1v) is 7.34. The second-order valence-electron chi connectivity index (χ2n) is 4.71. The van der Waals surface area contributed by atoms with E-state index in [-0.39, 0.29) is 0 Å². The highest BCUT2D eigenvalue weighted by atomic mass is 35.5. The summed E-state index contributed by atoms with van der Waals surface area (Å²) in [7, 11) is 1.96. The minimum absolute atomic E-state index is 0.480. The molecule has 0 aliphatic carbocycles. The number of aromatic nitrogens is 2. The van der Waals surface area contributed by atoms with Crippen LogP contribution >= 0.6 is 23.2 Å². The highest BCUT2D eigenvalue weighted by Gasteiger charge is 2.09. The number of hydrogen-bond donors (Lipinski definition) is 0. The van der Waals surface area contributed by atoms with Gasteiger partial charge in [-0.25, -0.2) is 9.97 Å². The summed E-state index contributed by atoms with van der Waals surface area (Å²) in [6.45, 7) is 3.79. The van der Waals surface area contributed by atoms with Gasteiger partial charge < -0.3 is 9.64 Å². The first-order chi connectivity index (χ1) is 10.1. The standard InChI is InChI=1S/C15H17Cl2N3O/c1-11-14(17)18-10-19-15(11)20(2)7-8-21-9-12-3-5-13(16)6-4-12/h3-6,10H,7-9H2,1-2H3. The van der Waals surface area contributed by atoms with Crippen molar-refractivity contribution in [2.45, 2.75) is 13.5 Å². The van der Waals surface area contributed by atoms with Crippen molar-refractivity contribution in [3.8, 4) is 0 Å². The summed E-state index contributed by atoms with van der Waals surface area (Å²) < 4.78 is 5.66. The monoisotopic (exact) mass is 325 g/mol. The molecule has 112 valence electrons. The Bertz CT molecular complexity index is 590. The van der Waals surface area contributed by atoms with E-state index in [1.165, 1.54) is 6.33 Å². The number of halogens is 2. The number of hydrogen-bond acceptors (Lipinski definition) is 4. The van der Waals surface area contributed by atoms with E-state index in [0.717, 1.165) is 28.5 Å². The van der Waals surface area contributed by atoms with Gasteiger partial charge in [-0.15, -0.1) is 0 Å². The van der Waals surface area contributed by atoms with Crippen LogP contribution < -0.4 is 4.90 Å². The number of anilines is 1. The molecule has 4 nitrogen and oxygen atoms in total. The van der Waals surface area contributed by atoms with Gasteiger partial charge in [0.1, 0.15) is 17.3 Å². The third kappa shape index (κ3) is 4.56. The number of rotatable bonds is 6. The topological polar surface area (TPSA) is 38.2 Å². The first kappa shape index (κ1) is 16.0. The Morgan fingerprint density at radius 3 is 2.57 bits per heavy atom. The van der Waals surface area contributed by atoms with E-state index >= 15 is 0 Å². The molecule has 6 heteroatoms. The molecule has 0 atom stereocenters. The van der Waals surface area contributed by atoms with Gasteiger partial charge in [-0.05, 0) is 24.6 Å². The molecule has 21 heavy (non-hydrogen) atoms. The normalized spacial score (nSPS) is 10.7. The zero-order chi connectivity index (χ0) is 15.2. The summed E-state index contributed by atoms with van der Waals surface area (Å²) in [6, 6.07) is 7.64. The lowest BCUT2D eigenvalue weighted by Crippen LogP contribution is -2.24. The lowest BCUT2D eigenvalue weighted by Gasteiger charge is -2.20. The fourth-order valence-electron chi connectivity index (χ4n) is 1.88. The van der Waals surface area contributed by atoms with Crippen LogP contribution in [0.4, 0.5) is 5.82 Å². The van der Waals surface area contributed by atoms with Crippen LogP contribution in [0.1, 0.15) is 11.1 Å². The predicted octanol–water partition coefficient (Wildman–Crippen LogP) is 3.74. The molecular weight excluding hydrogens is 309 g/mol. The molecule has 0 saturated heterocycles. The van der Waals surface area contributed by atoms with Crippen LogP contribution in [0.3, 0.4) is 0 Å². The fraction of sp³-hybridized carbons (Fsp3) is 0.333. The van der Waals surface area contributed by atoms with Crippen LogP contribution in [0, 0.1) is 6.92 Å². The van der Waals surface area contributed by atoms with E-state index in [0.29, 0.717) is 18.4 Å². The van der Waals surface area contributed by atoms with E-state index < -0.39 is 0 Å². The molecule has 2 rings (SSSR count). The van der Waals surface area contributed by atoms with Crippen LogP contribution in [0.2, 0.25) is 10.2 Å². The quantitative estimate of drug-likeness (QED) is 0.599. The fourth-order valence-corrected chi connectivity index (χ4v) is 2.14. The van der Waals surface area contributed by atoms with Gasteiger partial charge in [0.25, 0.3) is 0 Å². The zero-order valence-corrected chi connectivity index (χ0v) is 13.5. The largest absolute Gasteiger partial charge is 0.375 e. The second-order valence-corrected chi connectivity index (χ2v) is 5.51. The molecule has 0 spiro atoms. The van der Waals surface area contributed by atoms with Gasteiger partial charge in [-0.1, -0.05) is 35.3 Å². The Balaban J connectivity index is 1.80. The molecule has 0 fully saturated rings. The highest BCUT2D eigenvalue weighted by Crippen LogP contribution is 2.20. The maximum atomic E-state index is 5.99. The summed E-state index contributed by atoms with van der Waals surface area (Å²) in [4.78, 5) is 10.2. The SMILES string of the molecule is Cc1c(Cl)ncnc1N(C)CCOCc1ccc(Cl)cc1. The van der Waals surface area contributed by atoms with Crippen LogP contribution in [0.15, 0.2) is 30.6 Å². The minimum Gasteiger partial charge on any atom is -0.375 e. The van der Waals surface area contributed by atoms with Crippen molar-refractivity contribution in [1.82, 2.24) is 9.97 Å². The van der Waals surface area contributed by atoms with Crippen molar-refractivity contribution in [1.29, 1.82) is 0 Å². The predicted molar refractivity (Wildman–Crippen MR) is 86.2 cm³/mol. The third-order valence-corrected chi connectivity index (χ3v) is 3.74. The molecule has 1 aromatic carbocycles. The van der Waals surface area contributed by atoms with Gasteiger partial charge in [-0.2, -0.15) is 0 Å². The summed E-state index contributed by atoms with van der Waals surface area (Å²) in [5.41, 5.74) is 1.97. The van der Waals surface area contributed by atoms with E-state index in [9.17, 15) is 0 Å². The van der Waals surface area contributed by atoms with E-state index in [1.54, 1.807) is 0 Å². The summed E-state index contributed by atoms with van der Waals surface area (Å²) in [5, 5.41) is 1.21. The van der Waals surface area contributed by atoms with Crippen molar-refractivity contribution < 1.29 is 4.74 Å². The van der Waals surface area contributed by atoms with Crippen molar-refractivity contribution in [2.75, 3.05) is 25.1 Å². The Morgan fingerprint density at radius 1 is 1.14 bits per heavy atom. The molecule has 0 bridgehead atoms. The molecular formula is C15H17Cl2N3O. The highest BCUT2D eigenvalue weighted by molar-refractivity contribution is 6.30. The van der Waals surface area contributed by atoms with Gasteiger partial charge in [-0.3, -0.25) is 0 Å². The molecule has 0 amide bonds. The smallest absolute Gasteiger partial charge is 0.137 e. The Kier molecular flexibility index (Phi) is 5.79. The molecule has 0 unspecified atom stereocenters. The Labute approximate surface area is 134 Å². The molecule has 0 N–H and O–H groups in total. The number of benzene rings is 1. The van der Waals surface area contributed by atoms with Gasteiger partial charge in [0, 0.05) is 24.2 Å². The van der Waals surface area contributed by atoms with Crippen LogP contribution in [-0.4, -0.2) is 30.2 Å². The van der Waals surface area contributed by atoms with Crippen LogP contribution in [0.5, 0.6) is 0 Å². The first-order valence-electron chi connectivity index (χ1n) is 6.58. The molecule has 0 radical (unpaired) electrons. The van der Waals surface area contributed by atoms with E-state index in [2.05, 4.69) is 9.97 Å². The molecule has 1 heterocycles. The molecule has 0 aliphatic rings. The summed E-state index contributed by atoms with van der Waals surface area (Å²) in [5.74, 6) is 0.824. The molecule has 0 aliphatic heterocycles. The van der Waals surface area contributed by atoms with Gasteiger partial charge in [0.15, 0.2) is 0 Å². The van der Waals surface area contributed by atoms with Crippen molar-refractivity contribution in [3.63, 3.8) is 0 Å². The molecule has 1 aromatic heterocycles. The Morgan fingerprint density at radius 2 is 1.86 bits per heavy atom. The van der Waals surface area contributed by atoms with Crippen molar-refractivity contribution in [2.24, 2.45) is 0 Å². The molecule has 0 saturated carbocycles. The zero-order valence-electron chi connectivity index (χ0n) is 12.0. The van der Waals surface area contributed by atoms with Crippen LogP contribution in [-0.2, 0) is 11.3 Å². The third-order valence-electron chi connectivity index (χ3n) is 3.11. The average Bonchev–Trinajstić information content (AvgIpc) is 2.48. The second kappa shape index (κ2) is 7.59. The van der Waals surface area contributed by atoms with E-state index in [1.807, 2.05) is 43.1 Å². The van der Waals surface area contributed by atoms with Crippen molar-refractivity contribution >= 4 is 29.0 Å². The Hall–Kier alpha value is -1.36. The number of ether oxygens (including phenoxy) is 1. The lowest BCUT2D eigenvalue weighted by molar-refractivity contribution is 0.127. The van der Waals surface area contributed by atoms with Crippen molar-refractivity contribution in [3.05, 3.63) is 51.9 Å². The summed E-state index contributed by atoms with van der Waals surface area (Å²) >= 11 is 11.8. The lowest BCUT2D eigenvalue weighted by atomic mass is 10.2. The molecule has 2 aromatic rings. The van der Waals surface area contributed by atoms with Gasteiger partial charge >= 0.3 is 0 Å². The maximum Gasteiger partial charge on any atom is 0.137 e. The number of likely N-dealkylation sites (N-methyl/N-ethyl adjacent to an activating group) is 1. The maximum absolute atomic E-state index is 5.99. The van der Waals surface area contributed by atoms with Gasteiger partial charge in [0.2, 0.25) is 0 Å². The summed E-state index contributed by atoms with van der Waals surface area (Å²) in [6.07, 6.45) is 1.47. The average molecular weight is 326 g/mol. The van der Waals surface area contributed by atoms with E-state index in [4.69, 9.17) is 27.9 Å². The number of nitrogens with zero attached hydrogens (tertiary/aromatic N) is 3. The van der Waals surface area contributed by atoms with Crippen LogP contribution in [0.25, 0.3) is 0 Å². The minimum atomic E-state index is 0.480.